The monoisotopic (exact) mass is 438 g/mol. The predicted octanol–water partition coefficient (Wildman–Crippen LogP) is 2.66. The van der Waals surface area contributed by atoms with Crippen molar-refractivity contribution in [1.29, 1.82) is 0 Å². The molecule has 1 aliphatic heterocycles. The van der Waals surface area contributed by atoms with E-state index >= 15 is 0 Å². The summed E-state index contributed by atoms with van der Waals surface area (Å²) in [5.74, 6) is -3.63. The zero-order valence-corrected chi connectivity index (χ0v) is 16.9. The third-order valence-corrected chi connectivity index (χ3v) is 5.54. The Kier molecular flexibility index (Phi) is 5.90. The lowest BCUT2D eigenvalue weighted by Crippen LogP contribution is -2.47. The number of nitrogens with one attached hydrogen (secondary N) is 1. The van der Waals surface area contributed by atoms with Crippen molar-refractivity contribution < 1.29 is 32.2 Å². The van der Waals surface area contributed by atoms with Gasteiger partial charge in [-0.25, -0.2) is 0 Å². The third kappa shape index (κ3) is 4.05. The molecule has 0 unspecified atom stereocenters. The molecule has 0 spiro atoms. The molecule has 4 atom stereocenters. The van der Waals surface area contributed by atoms with Crippen LogP contribution >= 0.6 is 0 Å². The Morgan fingerprint density at radius 3 is 2.58 bits per heavy atom. The summed E-state index contributed by atoms with van der Waals surface area (Å²) in [6.07, 6.45) is -3.62. The number of primary amides is 1. The molecule has 1 saturated heterocycles. The van der Waals surface area contributed by atoms with E-state index < -0.39 is 41.5 Å². The summed E-state index contributed by atoms with van der Waals surface area (Å²) in [7, 11) is 1.36. The molecule has 3 rings (SSSR count). The first-order chi connectivity index (χ1) is 14.5. The van der Waals surface area contributed by atoms with Crippen LogP contribution < -0.4 is 15.8 Å². The maximum atomic E-state index is 13.9. The number of anilines is 1. The zero-order chi connectivity index (χ0) is 23.0. The van der Waals surface area contributed by atoms with E-state index in [2.05, 4.69) is 15.3 Å². The van der Waals surface area contributed by atoms with Gasteiger partial charge in [-0.2, -0.15) is 13.2 Å². The second kappa shape index (κ2) is 8.14. The molecule has 31 heavy (non-hydrogen) atoms. The van der Waals surface area contributed by atoms with E-state index in [4.69, 9.17) is 15.2 Å². The molecule has 2 amide bonds. The van der Waals surface area contributed by atoms with E-state index in [1.165, 1.54) is 38.6 Å². The Labute approximate surface area is 176 Å². The van der Waals surface area contributed by atoms with Crippen molar-refractivity contribution in [2.24, 2.45) is 11.7 Å². The van der Waals surface area contributed by atoms with Crippen LogP contribution in [-0.2, 0) is 9.53 Å². The molecule has 166 valence electrons. The number of nitrogens with two attached hydrogens (primary N) is 1. The van der Waals surface area contributed by atoms with E-state index in [9.17, 15) is 22.8 Å². The number of halogens is 3. The Balaban J connectivity index is 2.01. The highest BCUT2D eigenvalue weighted by atomic mass is 19.4. The van der Waals surface area contributed by atoms with Crippen LogP contribution in [0.5, 0.6) is 5.75 Å². The molecule has 3 heterocycles. The van der Waals surface area contributed by atoms with Crippen LogP contribution in [0.25, 0.3) is 0 Å². The van der Waals surface area contributed by atoms with Crippen LogP contribution in [-0.4, -0.2) is 46.8 Å². The van der Waals surface area contributed by atoms with Gasteiger partial charge in [-0.15, -0.1) is 0 Å². The van der Waals surface area contributed by atoms with Crippen LogP contribution in [0.15, 0.2) is 36.7 Å². The first-order valence-electron chi connectivity index (χ1n) is 9.29. The molecule has 0 radical (unpaired) electrons. The molecule has 2 aromatic rings. The smallest absolute Gasteiger partial charge is 0.417 e. The highest BCUT2D eigenvalue weighted by molar-refractivity contribution is 5.97. The average Bonchev–Trinajstić information content (AvgIpc) is 3.00. The fourth-order valence-corrected chi connectivity index (χ4v) is 3.65. The maximum absolute atomic E-state index is 13.9. The second-order valence-electron chi connectivity index (χ2n) is 7.33. The number of ether oxygens (including phenoxy) is 2. The molecule has 0 aliphatic carbocycles. The number of alkyl halides is 3. The molecule has 8 nitrogen and oxygen atoms in total. The lowest BCUT2D eigenvalue weighted by atomic mass is 9.78. The van der Waals surface area contributed by atoms with Crippen LogP contribution in [0.1, 0.15) is 35.9 Å². The van der Waals surface area contributed by atoms with Gasteiger partial charge in [0.15, 0.2) is 5.60 Å². The third-order valence-electron chi connectivity index (χ3n) is 5.54. The number of nitrogens with zero attached hydrogens (tertiary/aromatic N) is 2. The highest BCUT2D eigenvalue weighted by Gasteiger charge is 2.66. The van der Waals surface area contributed by atoms with Crippen LogP contribution in [0.4, 0.5) is 18.9 Å². The molecule has 0 bridgehead atoms. The number of pyridine rings is 2. The van der Waals surface area contributed by atoms with Gasteiger partial charge in [0.05, 0.1) is 12.8 Å². The summed E-state index contributed by atoms with van der Waals surface area (Å²) in [6, 6.07) is 5.72. The van der Waals surface area contributed by atoms with Gasteiger partial charge < -0.3 is 20.5 Å². The van der Waals surface area contributed by atoms with E-state index in [-0.39, 0.29) is 22.8 Å². The normalized spacial score (nSPS) is 25.8. The average molecular weight is 438 g/mol. The topological polar surface area (TPSA) is 116 Å². The molecule has 11 heteroatoms. The van der Waals surface area contributed by atoms with Gasteiger partial charge in [0.1, 0.15) is 17.5 Å². The van der Waals surface area contributed by atoms with Crippen molar-refractivity contribution in [1.82, 2.24) is 9.97 Å². The molecule has 2 aromatic heterocycles. The largest absolute Gasteiger partial charge is 0.495 e. The van der Waals surface area contributed by atoms with E-state index in [1.807, 2.05) is 0 Å². The lowest BCUT2D eigenvalue weighted by Gasteiger charge is -2.31. The number of hydrogen-bond donors (Lipinski definition) is 2. The van der Waals surface area contributed by atoms with Gasteiger partial charge in [-0.1, -0.05) is 6.92 Å². The molecule has 0 aromatic carbocycles. The number of aromatic nitrogens is 2. The standard InChI is InChI=1S/C20H21F3N4O4/c1-10-14(15-13(30-3)5-4-7-26-15)16(31-19(10,2)20(21,22)23)18(29)27-11-6-8-25-12(9-11)17(24)28/h4-10,14,16H,1-3H3,(H2,24,28)(H,25,27,29)/t10-,14+,16+,19+/m1/s1. The van der Waals surface area contributed by atoms with Crippen molar-refractivity contribution in [2.45, 2.75) is 37.6 Å². The number of methoxy groups -OCH3 is 1. The van der Waals surface area contributed by atoms with Gasteiger partial charge in [0.25, 0.3) is 11.8 Å². The fourth-order valence-electron chi connectivity index (χ4n) is 3.65. The minimum absolute atomic E-state index is 0.110. The van der Waals surface area contributed by atoms with Gasteiger partial charge in [-0.05, 0) is 31.2 Å². The minimum Gasteiger partial charge on any atom is -0.495 e. The van der Waals surface area contributed by atoms with Gasteiger partial charge in [0, 0.05) is 29.9 Å². The number of amides is 2. The van der Waals surface area contributed by atoms with Crippen molar-refractivity contribution in [3.8, 4) is 5.75 Å². The van der Waals surface area contributed by atoms with Crippen molar-refractivity contribution in [3.63, 3.8) is 0 Å². The number of hydrogen-bond acceptors (Lipinski definition) is 6. The number of rotatable bonds is 5. The Morgan fingerprint density at radius 2 is 1.97 bits per heavy atom. The molecule has 1 fully saturated rings. The van der Waals surface area contributed by atoms with Crippen molar-refractivity contribution in [2.75, 3.05) is 12.4 Å². The van der Waals surface area contributed by atoms with Crippen molar-refractivity contribution in [3.05, 3.63) is 48.0 Å². The van der Waals surface area contributed by atoms with Gasteiger partial charge in [0.2, 0.25) is 0 Å². The van der Waals surface area contributed by atoms with Gasteiger partial charge in [-0.3, -0.25) is 19.6 Å². The molecular formula is C20H21F3N4O4. The molecule has 1 aliphatic rings. The Hall–Kier alpha value is -3.21. The van der Waals surface area contributed by atoms with E-state index in [0.29, 0.717) is 0 Å². The Morgan fingerprint density at radius 1 is 1.26 bits per heavy atom. The highest BCUT2D eigenvalue weighted by Crippen LogP contribution is 2.54. The number of carbonyl (C=O) groups excluding carboxylic acids is 2. The summed E-state index contributed by atoms with van der Waals surface area (Å²) in [6.45, 7) is 2.27. The van der Waals surface area contributed by atoms with Crippen molar-refractivity contribution >= 4 is 17.5 Å². The summed E-state index contributed by atoms with van der Waals surface area (Å²) < 4.78 is 52.3. The zero-order valence-electron chi connectivity index (χ0n) is 16.9. The fraction of sp³-hybridized carbons (Fsp3) is 0.400. The van der Waals surface area contributed by atoms with Gasteiger partial charge >= 0.3 is 6.18 Å². The van der Waals surface area contributed by atoms with E-state index in [0.717, 1.165) is 6.92 Å². The second-order valence-corrected chi connectivity index (χ2v) is 7.33. The quantitative estimate of drug-likeness (QED) is 0.742. The summed E-state index contributed by atoms with van der Waals surface area (Å²) in [5.41, 5.74) is 2.79. The predicted molar refractivity (Wildman–Crippen MR) is 103 cm³/mol. The number of carbonyl (C=O) groups is 2. The Bertz CT molecular complexity index is 1000. The SMILES string of the molecule is COc1cccnc1[C@H]1[C@@H](C(=O)Nc2ccnc(C(N)=O)c2)O[C@](C)(C(F)(F)F)[C@@H]1C. The minimum atomic E-state index is -4.74. The molecular weight excluding hydrogens is 417 g/mol. The van der Waals surface area contributed by atoms with Crippen LogP contribution in [0, 0.1) is 5.92 Å². The first-order valence-corrected chi connectivity index (χ1v) is 9.29. The summed E-state index contributed by atoms with van der Waals surface area (Å²) in [4.78, 5) is 32.3. The summed E-state index contributed by atoms with van der Waals surface area (Å²) in [5, 5.41) is 2.48. The summed E-state index contributed by atoms with van der Waals surface area (Å²) >= 11 is 0. The van der Waals surface area contributed by atoms with Crippen LogP contribution in [0.3, 0.4) is 0 Å². The molecule has 3 N–H and O–H groups in total. The van der Waals surface area contributed by atoms with Crippen LogP contribution in [0.2, 0.25) is 0 Å². The molecule has 0 saturated carbocycles. The van der Waals surface area contributed by atoms with E-state index in [1.54, 1.807) is 12.1 Å². The maximum Gasteiger partial charge on any atom is 0.417 e. The lowest BCUT2D eigenvalue weighted by molar-refractivity contribution is -0.272. The first kappa shape index (κ1) is 22.5.